The van der Waals surface area contributed by atoms with Gasteiger partial charge < -0.3 is 0 Å². The number of pyridine rings is 3. The second kappa shape index (κ2) is 5.13. The Hall–Kier alpha value is -2.69. The molecule has 0 fully saturated rings. The molecule has 98 valence electrons. The summed E-state index contributed by atoms with van der Waals surface area (Å²) in [5.41, 5.74) is 1.09. The third-order valence-electron chi connectivity index (χ3n) is 2.81. The average molecular weight is 269 g/mol. The Kier molecular flexibility index (Phi) is 3.16. The molecule has 3 rings (SSSR count). The Bertz CT molecular complexity index is 670. The smallest absolute Gasteiger partial charge is 0.225 e. The van der Waals surface area contributed by atoms with E-state index in [1.807, 2.05) is 0 Å². The topological polar surface area (TPSA) is 38.7 Å². The molecular weight excluding hydrogens is 260 g/mol. The minimum absolute atomic E-state index is 0.146. The second-order valence-corrected chi connectivity index (χ2v) is 4.10. The molecule has 3 aromatic rings. The Balaban J connectivity index is 2.19. The van der Waals surface area contributed by atoms with Crippen molar-refractivity contribution in [2.75, 3.05) is 0 Å². The van der Waals surface area contributed by atoms with E-state index in [9.17, 15) is 8.78 Å². The highest BCUT2D eigenvalue weighted by atomic mass is 19.1. The summed E-state index contributed by atoms with van der Waals surface area (Å²) in [5.74, 6) is -1.78. The molecule has 0 bridgehead atoms. The van der Waals surface area contributed by atoms with Gasteiger partial charge in [0.2, 0.25) is 11.9 Å². The Morgan fingerprint density at radius 1 is 0.700 bits per heavy atom. The fraction of sp³-hybridized carbons (Fsp3) is 0. The van der Waals surface area contributed by atoms with Crippen LogP contribution in [-0.4, -0.2) is 15.0 Å². The molecule has 0 aliphatic heterocycles. The highest BCUT2D eigenvalue weighted by Crippen LogP contribution is 2.27. The van der Waals surface area contributed by atoms with Gasteiger partial charge in [-0.1, -0.05) is 12.1 Å². The molecular formula is C15H9F2N3. The zero-order chi connectivity index (χ0) is 13.9. The number of hydrogen-bond donors (Lipinski definition) is 0. The molecule has 0 unspecified atom stereocenters. The molecule has 3 nitrogen and oxygen atoms in total. The SMILES string of the molecule is Fc1nc(F)c(-c2ccccn2)cc1-c1ccccn1. The van der Waals surface area contributed by atoms with Gasteiger partial charge in [-0.25, -0.2) is 0 Å². The van der Waals surface area contributed by atoms with Crippen molar-refractivity contribution < 1.29 is 8.78 Å². The number of aromatic nitrogens is 3. The standard InChI is InChI=1S/C15H9F2N3/c16-14-10(12-5-1-3-7-18-12)9-11(15(17)20-14)13-6-2-4-8-19-13/h1-9H. The lowest BCUT2D eigenvalue weighted by atomic mass is 10.1. The molecule has 3 heterocycles. The quantitative estimate of drug-likeness (QED) is 0.668. The molecule has 3 aromatic heterocycles. The van der Waals surface area contributed by atoms with Gasteiger partial charge in [0.25, 0.3) is 0 Å². The van der Waals surface area contributed by atoms with E-state index >= 15 is 0 Å². The summed E-state index contributed by atoms with van der Waals surface area (Å²) in [6.45, 7) is 0. The van der Waals surface area contributed by atoms with Gasteiger partial charge in [-0.2, -0.15) is 13.8 Å². The number of nitrogens with zero attached hydrogens (tertiary/aromatic N) is 3. The molecule has 0 N–H and O–H groups in total. The Morgan fingerprint density at radius 3 is 1.60 bits per heavy atom. The maximum absolute atomic E-state index is 13.8. The monoisotopic (exact) mass is 269 g/mol. The first-order chi connectivity index (χ1) is 9.75. The van der Waals surface area contributed by atoms with Crippen molar-refractivity contribution in [1.29, 1.82) is 0 Å². The van der Waals surface area contributed by atoms with Crippen LogP contribution in [0.3, 0.4) is 0 Å². The molecule has 0 aromatic carbocycles. The van der Waals surface area contributed by atoms with Crippen LogP contribution in [0.5, 0.6) is 0 Å². The van der Waals surface area contributed by atoms with Gasteiger partial charge in [0.1, 0.15) is 0 Å². The maximum atomic E-state index is 13.8. The largest absolute Gasteiger partial charge is 0.256 e. The van der Waals surface area contributed by atoms with Crippen LogP contribution in [0.15, 0.2) is 54.9 Å². The van der Waals surface area contributed by atoms with Gasteiger partial charge >= 0.3 is 0 Å². The van der Waals surface area contributed by atoms with Crippen molar-refractivity contribution in [3.05, 3.63) is 66.8 Å². The van der Waals surface area contributed by atoms with E-state index in [2.05, 4.69) is 15.0 Å². The van der Waals surface area contributed by atoms with Gasteiger partial charge in [0.15, 0.2) is 0 Å². The van der Waals surface area contributed by atoms with Crippen molar-refractivity contribution in [1.82, 2.24) is 15.0 Å². The number of rotatable bonds is 2. The Labute approximate surface area is 114 Å². The van der Waals surface area contributed by atoms with Gasteiger partial charge in [-0.05, 0) is 30.3 Å². The van der Waals surface area contributed by atoms with Crippen molar-refractivity contribution in [2.24, 2.45) is 0 Å². The lowest BCUT2D eigenvalue weighted by Gasteiger charge is -2.06. The molecule has 0 amide bonds. The van der Waals surface area contributed by atoms with Gasteiger partial charge in [0.05, 0.1) is 22.5 Å². The van der Waals surface area contributed by atoms with E-state index in [1.54, 1.807) is 48.8 Å². The predicted octanol–water partition coefficient (Wildman–Crippen LogP) is 3.48. The second-order valence-electron chi connectivity index (χ2n) is 4.10. The molecule has 0 aliphatic rings. The summed E-state index contributed by atoms with van der Waals surface area (Å²) in [6.07, 6.45) is 3.08. The fourth-order valence-corrected chi connectivity index (χ4v) is 1.87. The molecule has 0 saturated carbocycles. The van der Waals surface area contributed by atoms with Crippen LogP contribution in [0.25, 0.3) is 22.5 Å². The number of halogens is 2. The van der Waals surface area contributed by atoms with Gasteiger partial charge in [0, 0.05) is 12.4 Å². The van der Waals surface area contributed by atoms with E-state index in [0.717, 1.165) is 0 Å². The van der Waals surface area contributed by atoms with E-state index in [1.165, 1.54) is 6.07 Å². The molecule has 20 heavy (non-hydrogen) atoms. The van der Waals surface area contributed by atoms with Crippen LogP contribution >= 0.6 is 0 Å². The molecule has 5 heteroatoms. The summed E-state index contributed by atoms with van der Waals surface area (Å²) in [4.78, 5) is 11.4. The molecule has 0 spiro atoms. The summed E-state index contributed by atoms with van der Waals surface area (Å²) in [7, 11) is 0. The maximum Gasteiger partial charge on any atom is 0.225 e. The summed E-state index contributed by atoms with van der Waals surface area (Å²) in [5, 5.41) is 0. The summed E-state index contributed by atoms with van der Waals surface area (Å²) >= 11 is 0. The lowest BCUT2D eigenvalue weighted by Crippen LogP contribution is -1.98. The van der Waals surface area contributed by atoms with E-state index < -0.39 is 11.9 Å². The predicted molar refractivity (Wildman–Crippen MR) is 70.6 cm³/mol. The zero-order valence-corrected chi connectivity index (χ0v) is 10.3. The van der Waals surface area contributed by atoms with Crippen molar-refractivity contribution in [2.45, 2.75) is 0 Å². The third kappa shape index (κ3) is 2.25. The highest BCUT2D eigenvalue weighted by Gasteiger charge is 2.15. The zero-order valence-electron chi connectivity index (χ0n) is 10.3. The normalized spacial score (nSPS) is 10.5. The van der Waals surface area contributed by atoms with Crippen LogP contribution in [0.1, 0.15) is 0 Å². The lowest BCUT2D eigenvalue weighted by molar-refractivity contribution is 0.517. The van der Waals surface area contributed by atoms with Crippen LogP contribution in [0.2, 0.25) is 0 Å². The van der Waals surface area contributed by atoms with Crippen molar-refractivity contribution in [3.8, 4) is 22.5 Å². The third-order valence-corrected chi connectivity index (χ3v) is 2.81. The van der Waals surface area contributed by atoms with E-state index in [4.69, 9.17) is 0 Å². The van der Waals surface area contributed by atoms with Crippen LogP contribution in [0, 0.1) is 11.9 Å². The average Bonchev–Trinajstić information content (AvgIpc) is 2.49. The van der Waals surface area contributed by atoms with E-state index in [0.29, 0.717) is 11.4 Å². The molecule has 0 aliphatic carbocycles. The summed E-state index contributed by atoms with van der Waals surface area (Å²) in [6, 6.07) is 11.6. The Morgan fingerprint density at radius 2 is 1.20 bits per heavy atom. The van der Waals surface area contributed by atoms with Gasteiger partial charge in [-0.3, -0.25) is 9.97 Å². The van der Waals surface area contributed by atoms with Crippen molar-refractivity contribution >= 4 is 0 Å². The summed E-state index contributed by atoms with van der Waals surface area (Å²) < 4.78 is 27.6. The minimum Gasteiger partial charge on any atom is -0.256 e. The van der Waals surface area contributed by atoms with Crippen LogP contribution < -0.4 is 0 Å². The first-order valence-corrected chi connectivity index (χ1v) is 5.94. The van der Waals surface area contributed by atoms with Crippen molar-refractivity contribution in [3.63, 3.8) is 0 Å². The first kappa shape index (κ1) is 12.3. The molecule has 0 radical (unpaired) electrons. The van der Waals surface area contributed by atoms with Gasteiger partial charge in [-0.15, -0.1) is 0 Å². The van der Waals surface area contributed by atoms with E-state index in [-0.39, 0.29) is 11.1 Å². The highest BCUT2D eigenvalue weighted by molar-refractivity contribution is 5.68. The number of hydrogen-bond acceptors (Lipinski definition) is 3. The van der Waals surface area contributed by atoms with Crippen LogP contribution in [0.4, 0.5) is 8.78 Å². The molecule has 0 atom stereocenters. The molecule has 0 saturated heterocycles. The van der Waals surface area contributed by atoms with Crippen LogP contribution in [-0.2, 0) is 0 Å². The minimum atomic E-state index is -0.888. The fourth-order valence-electron chi connectivity index (χ4n) is 1.87. The first-order valence-electron chi connectivity index (χ1n) is 5.94.